The third-order valence-electron chi connectivity index (χ3n) is 5.23. The molecule has 0 aliphatic carbocycles. The lowest BCUT2D eigenvalue weighted by molar-refractivity contribution is -0.149. The molecule has 0 saturated carbocycles. The summed E-state index contributed by atoms with van der Waals surface area (Å²) in [6, 6.07) is 5.10. The number of amides is 3. The van der Waals surface area contributed by atoms with E-state index in [2.05, 4.69) is 10.6 Å². The summed E-state index contributed by atoms with van der Waals surface area (Å²) < 4.78 is 5.27. The molecular formula is C26H43N3O5. The Morgan fingerprint density at radius 1 is 1.06 bits per heavy atom. The molecule has 8 heteroatoms. The molecule has 1 aromatic carbocycles. The van der Waals surface area contributed by atoms with Gasteiger partial charge in [0.25, 0.3) is 0 Å². The smallest absolute Gasteiger partial charge is 0.408 e. The van der Waals surface area contributed by atoms with E-state index in [9.17, 15) is 19.5 Å². The van der Waals surface area contributed by atoms with Crippen LogP contribution in [0.4, 0.5) is 4.79 Å². The van der Waals surface area contributed by atoms with Crippen LogP contribution in [0, 0.1) is 6.92 Å². The van der Waals surface area contributed by atoms with Gasteiger partial charge in [-0.05, 0) is 72.9 Å². The first-order valence-corrected chi connectivity index (χ1v) is 11.9. The molecule has 0 radical (unpaired) electrons. The summed E-state index contributed by atoms with van der Waals surface area (Å²) in [5, 5.41) is 15.5. The summed E-state index contributed by atoms with van der Waals surface area (Å²) in [7, 11) is 0. The standard InChI is InChI=1S/C26H43N3O5/c1-10-13-18(3)27-22(31)21(19-15-12-11-14-17(19)2)29(25(4,5)6)23(32)20(16-30)28-24(33)34-26(7,8)9/h11-12,14-15,18,20-21,30H,10,13,16H2,1-9H3,(H,27,31)(H,28,33). The molecular weight excluding hydrogens is 434 g/mol. The van der Waals surface area contributed by atoms with Crippen molar-refractivity contribution in [3.05, 3.63) is 35.4 Å². The van der Waals surface area contributed by atoms with E-state index in [4.69, 9.17) is 4.74 Å². The number of hydrogen-bond donors (Lipinski definition) is 3. The highest BCUT2D eigenvalue weighted by Gasteiger charge is 2.42. The summed E-state index contributed by atoms with van der Waals surface area (Å²) in [6.07, 6.45) is 0.891. The number of aliphatic hydroxyl groups is 1. The fourth-order valence-electron chi connectivity index (χ4n) is 3.77. The molecule has 0 aliphatic heterocycles. The average molecular weight is 478 g/mol. The highest BCUT2D eigenvalue weighted by molar-refractivity contribution is 5.93. The van der Waals surface area contributed by atoms with Crippen LogP contribution in [0.25, 0.3) is 0 Å². The van der Waals surface area contributed by atoms with Gasteiger partial charge in [-0.15, -0.1) is 0 Å². The van der Waals surface area contributed by atoms with Crippen molar-refractivity contribution in [1.82, 2.24) is 15.5 Å². The minimum absolute atomic E-state index is 0.0746. The number of aryl methyl sites for hydroxylation is 1. The first-order valence-electron chi connectivity index (χ1n) is 11.9. The minimum atomic E-state index is -1.28. The Morgan fingerprint density at radius 3 is 2.12 bits per heavy atom. The van der Waals surface area contributed by atoms with Gasteiger partial charge in [0.05, 0.1) is 6.61 Å². The van der Waals surface area contributed by atoms with Crippen LogP contribution < -0.4 is 10.6 Å². The van der Waals surface area contributed by atoms with Crippen LogP contribution in [0.3, 0.4) is 0 Å². The number of alkyl carbamates (subject to hydrolysis) is 1. The molecule has 1 rings (SSSR count). The molecule has 8 nitrogen and oxygen atoms in total. The second-order valence-corrected chi connectivity index (χ2v) is 10.7. The van der Waals surface area contributed by atoms with Gasteiger partial charge in [0.15, 0.2) is 0 Å². The van der Waals surface area contributed by atoms with Crippen LogP contribution in [0.1, 0.15) is 85.4 Å². The Kier molecular flexibility index (Phi) is 10.6. The highest BCUT2D eigenvalue weighted by Crippen LogP contribution is 2.32. The van der Waals surface area contributed by atoms with E-state index in [1.807, 2.05) is 65.8 Å². The molecule has 3 amide bonds. The van der Waals surface area contributed by atoms with Gasteiger partial charge < -0.3 is 25.4 Å². The molecule has 0 spiro atoms. The Bertz CT molecular complexity index is 842. The van der Waals surface area contributed by atoms with Crippen molar-refractivity contribution in [2.45, 2.75) is 104 Å². The number of nitrogens with zero attached hydrogens (tertiary/aromatic N) is 1. The molecule has 0 aliphatic rings. The number of benzene rings is 1. The zero-order valence-corrected chi connectivity index (χ0v) is 22.2. The summed E-state index contributed by atoms with van der Waals surface area (Å²) in [5.41, 5.74) is -0.0387. The van der Waals surface area contributed by atoms with Crippen LogP contribution in [-0.4, -0.2) is 57.7 Å². The number of nitrogens with one attached hydrogen (secondary N) is 2. The zero-order chi connectivity index (χ0) is 26.3. The summed E-state index contributed by atoms with van der Waals surface area (Å²) in [6.45, 7) is 15.8. The summed E-state index contributed by atoms with van der Waals surface area (Å²) in [5.74, 6) is -0.889. The van der Waals surface area contributed by atoms with Crippen LogP contribution in [0.5, 0.6) is 0 Å². The topological polar surface area (TPSA) is 108 Å². The number of carbonyl (C=O) groups is 3. The quantitative estimate of drug-likeness (QED) is 0.501. The molecule has 192 valence electrons. The minimum Gasteiger partial charge on any atom is -0.444 e. The molecule has 0 saturated heterocycles. The maximum atomic E-state index is 13.8. The van der Waals surface area contributed by atoms with Gasteiger partial charge >= 0.3 is 6.09 Å². The first-order chi connectivity index (χ1) is 15.6. The predicted molar refractivity (Wildman–Crippen MR) is 133 cm³/mol. The SMILES string of the molecule is CCCC(C)NC(=O)C(c1ccccc1C)N(C(=O)C(CO)NC(=O)OC(C)(C)C)C(C)(C)C. The zero-order valence-electron chi connectivity index (χ0n) is 22.2. The number of rotatable bonds is 9. The van der Waals surface area contributed by atoms with Gasteiger partial charge in [-0.2, -0.15) is 0 Å². The molecule has 0 bridgehead atoms. The molecule has 3 N–H and O–H groups in total. The maximum absolute atomic E-state index is 13.8. The van der Waals surface area contributed by atoms with E-state index in [-0.39, 0.29) is 11.9 Å². The van der Waals surface area contributed by atoms with E-state index < -0.39 is 41.8 Å². The fraction of sp³-hybridized carbons (Fsp3) is 0.654. The van der Waals surface area contributed by atoms with Gasteiger partial charge in [-0.1, -0.05) is 37.6 Å². The Labute approximate surface area is 204 Å². The lowest BCUT2D eigenvalue weighted by atomic mass is 9.93. The van der Waals surface area contributed by atoms with Crippen LogP contribution in [0.15, 0.2) is 24.3 Å². The van der Waals surface area contributed by atoms with E-state index in [0.717, 1.165) is 18.4 Å². The first kappa shape index (κ1) is 29.4. The highest BCUT2D eigenvalue weighted by atomic mass is 16.6. The fourth-order valence-corrected chi connectivity index (χ4v) is 3.77. The number of ether oxygens (including phenoxy) is 1. The Morgan fingerprint density at radius 2 is 1.65 bits per heavy atom. The predicted octanol–water partition coefficient (Wildman–Crippen LogP) is 3.85. The van der Waals surface area contributed by atoms with Crippen molar-refractivity contribution in [1.29, 1.82) is 0 Å². The molecule has 0 fully saturated rings. The average Bonchev–Trinajstić information content (AvgIpc) is 2.68. The second-order valence-electron chi connectivity index (χ2n) is 10.7. The molecule has 1 aromatic rings. The van der Waals surface area contributed by atoms with Crippen molar-refractivity contribution in [3.8, 4) is 0 Å². The lowest BCUT2D eigenvalue weighted by Gasteiger charge is -2.43. The van der Waals surface area contributed by atoms with Gasteiger partial charge in [-0.3, -0.25) is 9.59 Å². The van der Waals surface area contributed by atoms with Crippen molar-refractivity contribution < 1.29 is 24.2 Å². The monoisotopic (exact) mass is 477 g/mol. The maximum Gasteiger partial charge on any atom is 0.408 e. The number of aliphatic hydroxyl groups excluding tert-OH is 1. The van der Waals surface area contributed by atoms with Crippen LogP contribution in [-0.2, 0) is 14.3 Å². The molecule has 3 unspecified atom stereocenters. The van der Waals surface area contributed by atoms with E-state index in [0.29, 0.717) is 5.56 Å². The Balaban J connectivity index is 3.48. The van der Waals surface area contributed by atoms with Crippen molar-refractivity contribution in [3.63, 3.8) is 0 Å². The van der Waals surface area contributed by atoms with Gasteiger partial charge in [0.2, 0.25) is 11.8 Å². The lowest BCUT2D eigenvalue weighted by Crippen LogP contribution is -2.60. The van der Waals surface area contributed by atoms with Crippen molar-refractivity contribution in [2.24, 2.45) is 0 Å². The van der Waals surface area contributed by atoms with E-state index in [1.165, 1.54) is 4.90 Å². The molecule has 34 heavy (non-hydrogen) atoms. The molecule has 3 atom stereocenters. The summed E-state index contributed by atoms with van der Waals surface area (Å²) >= 11 is 0. The normalized spacial score (nSPS) is 14.5. The van der Waals surface area contributed by atoms with E-state index >= 15 is 0 Å². The Hall–Kier alpha value is -2.61. The summed E-state index contributed by atoms with van der Waals surface area (Å²) in [4.78, 5) is 41.2. The number of hydrogen-bond acceptors (Lipinski definition) is 5. The van der Waals surface area contributed by atoms with Gasteiger partial charge in [-0.25, -0.2) is 4.79 Å². The molecule has 0 heterocycles. The largest absolute Gasteiger partial charge is 0.444 e. The molecule has 0 aromatic heterocycles. The van der Waals surface area contributed by atoms with Crippen molar-refractivity contribution >= 4 is 17.9 Å². The van der Waals surface area contributed by atoms with E-state index in [1.54, 1.807) is 20.8 Å². The van der Waals surface area contributed by atoms with Gasteiger partial charge in [0.1, 0.15) is 17.7 Å². The third kappa shape index (κ3) is 8.63. The van der Waals surface area contributed by atoms with Crippen LogP contribution >= 0.6 is 0 Å². The third-order valence-corrected chi connectivity index (χ3v) is 5.23. The van der Waals surface area contributed by atoms with Crippen molar-refractivity contribution in [2.75, 3.05) is 6.61 Å². The second kappa shape index (κ2) is 12.2. The van der Waals surface area contributed by atoms with Crippen LogP contribution in [0.2, 0.25) is 0 Å². The number of carbonyl (C=O) groups excluding carboxylic acids is 3. The van der Waals surface area contributed by atoms with Gasteiger partial charge in [0, 0.05) is 11.6 Å².